The van der Waals surface area contributed by atoms with Gasteiger partial charge in [-0.3, -0.25) is 9.78 Å². The summed E-state index contributed by atoms with van der Waals surface area (Å²) in [6.45, 7) is 1.81. The number of benzene rings is 1. The molecule has 0 spiro atoms. The Kier molecular flexibility index (Phi) is 6.46. The highest BCUT2D eigenvalue weighted by Crippen LogP contribution is 2.34. The SMILES string of the molecule is Cl.N#Cc1cnc2ccc(/C=C3/SC(NC4CC4)=NC3=O)cc2c1OC1CCNCC1. The number of aromatic nitrogens is 1. The molecule has 1 aromatic carbocycles. The Labute approximate surface area is 190 Å². The van der Waals surface area contributed by atoms with E-state index in [1.165, 1.54) is 11.8 Å². The second-order valence-electron chi connectivity index (χ2n) is 7.71. The summed E-state index contributed by atoms with van der Waals surface area (Å²) < 4.78 is 6.28. The Hall–Kier alpha value is -2.60. The quantitative estimate of drug-likeness (QED) is 0.681. The summed E-state index contributed by atoms with van der Waals surface area (Å²) >= 11 is 1.37. The number of nitrogens with one attached hydrogen (secondary N) is 2. The molecule has 0 atom stereocenters. The molecule has 0 unspecified atom stereocenters. The monoisotopic (exact) mass is 455 g/mol. The molecule has 1 saturated carbocycles. The van der Waals surface area contributed by atoms with Crippen molar-refractivity contribution in [2.24, 2.45) is 4.99 Å². The maximum Gasteiger partial charge on any atom is 0.286 e. The lowest BCUT2D eigenvalue weighted by Crippen LogP contribution is -2.34. The number of fused-ring (bicyclic) bond motifs is 1. The fourth-order valence-corrected chi connectivity index (χ4v) is 4.48. The number of piperidine rings is 1. The summed E-state index contributed by atoms with van der Waals surface area (Å²) in [5, 5.41) is 17.7. The van der Waals surface area contributed by atoms with E-state index in [0.717, 1.165) is 55.2 Å². The summed E-state index contributed by atoms with van der Waals surface area (Å²) in [6.07, 6.45) is 7.54. The molecule has 3 aliphatic rings. The Bertz CT molecular complexity index is 1120. The van der Waals surface area contributed by atoms with E-state index in [1.54, 1.807) is 6.20 Å². The number of ether oxygens (including phenoxy) is 1. The van der Waals surface area contributed by atoms with Crippen LogP contribution in [0.3, 0.4) is 0 Å². The van der Waals surface area contributed by atoms with E-state index in [-0.39, 0.29) is 24.4 Å². The number of thioether (sulfide) groups is 1. The van der Waals surface area contributed by atoms with E-state index in [1.807, 2.05) is 24.3 Å². The number of hydrogen-bond donors (Lipinski definition) is 2. The van der Waals surface area contributed by atoms with E-state index in [0.29, 0.717) is 27.4 Å². The van der Waals surface area contributed by atoms with E-state index in [2.05, 4.69) is 26.7 Å². The van der Waals surface area contributed by atoms with Gasteiger partial charge in [0.1, 0.15) is 23.5 Å². The zero-order chi connectivity index (χ0) is 20.5. The van der Waals surface area contributed by atoms with Gasteiger partial charge in [0.2, 0.25) is 0 Å². The molecular weight excluding hydrogens is 434 g/mol. The van der Waals surface area contributed by atoms with Gasteiger partial charge in [0.25, 0.3) is 5.91 Å². The van der Waals surface area contributed by atoms with E-state index in [9.17, 15) is 10.1 Å². The number of amides is 1. The second kappa shape index (κ2) is 9.27. The van der Waals surface area contributed by atoms with Crippen molar-refractivity contribution in [1.82, 2.24) is 15.6 Å². The van der Waals surface area contributed by atoms with Crippen LogP contribution in [0.2, 0.25) is 0 Å². The van der Waals surface area contributed by atoms with Gasteiger partial charge >= 0.3 is 0 Å². The van der Waals surface area contributed by atoms with Crippen LogP contribution in [0, 0.1) is 11.3 Å². The fourth-order valence-electron chi connectivity index (χ4n) is 3.59. The maximum absolute atomic E-state index is 12.3. The highest BCUT2D eigenvalue weighted by molar-refractivity contribution is 8.18. The molecule has 0 radical (unpaired) electrons. The van der Waals surface area contributed by atoms with E-state index in [4.69, 9.17) is 4.74 Å². The minimum Gasteiger partial charge on any atom is -0.488 e. The highest BCUT2D eigenvalue weighted by atomic mass is 35.5. The predicted octanol–water partition coefficient (Wildman–Crippen LogP) is 3.38. The van der Waals surface area contributed by atoms with Crippen molar-refractivity contribution in [2.75, 3.05) is 13.1 Å². The van der Waals surface area contributed by atoms with Gasteiger partial charge in [-0.2, -0.15) is 10.3 Å². The first-order chi connectivity index (χ1) is 14.7. The van der Waals surface area contributed by atoms with Gasteiger partial charge < -0.3 is 15.4 Å². The van der Waals surface area contributed by atoms with Gasteiger partial charge in [-0.25, -0.2) is 0 Å². The molecule has 160 valence electrons. The molecule has 1 aliphatic carbocycles. The topological polar surface area (TPSA) is 99.4 Å². The summed E-state index contributed by atoms with van der Waals surface area (Å²) in [4.78, 5) is 21.4. The minimum absolute atomic E-state index is 0. The third-order valence-corrected chi connectivity index (χ3v) is 6.27. The first-order valence-electron chi connectivity index (χ1n) is 10.2. The first-order valence-corrected chi connectivity index (χ1v) is 11.0. The number of hydrogen-bond acceptors (Lipinski definition) is 7. The zero-order valence-electron chi connectivity index (χ0n) is 16.8. The molecule has 0 bridgehead atoms. The minimum atomic E-state index is -0.224. The first kappa shape index (κ1) is 21.6. The van der Waals surface area contributed by atoms with Crippen LogP contribution in [0.1, 0.15) is 36.8 Å². The molecule has 5 rings (SSSR count). The Morgan fingerprint density at radius 1 is 1.26 bits per heavy atom. The van der Waals surface area contributed by atoms with Crippen molar-refractivity contribution in [3.63, 3.8) is 0 Å². The van der Waals surface area contributed by atoms with Gasteiger partial charge in [-0.05, 0) is 74.3 Å². The van der Waals surface area contributed by atoms with E-state index >= 15 is 0 Å². The second-order valence-corrected chi connectivity index (χ2v) is 8.74. The van der Waals surface area contributed by atoms with Gasteiger partial charge in [-0.15, -0.1) is 12.4 Å². The molecule has 1 aromatic heterocycles. The molecule has 9 heteroatoms. The van der Waals surface area contributed by atoms with Crippen LogP contribution in [0.5, 0.6) is 5.75 Å². The Morgan fingerprint density at radius 2 is 2.06 bits per heavy atom. The average molecular weight is 456 g/mol. The third-order valence-electron chi connectivity index (χ3n) is 5.36. The number of aliphatic imine (C=N–C) groups is 1. The molecule has 31 heavy (non-hydrogen) atoms. The maximum atomic E-state index is 12.3. The number of nitrogens with zero attached hydrogens (tertiary/aromatic N) is 3. The van der Waals surface area contributed by atoms with Crippen molar-refractivity contribution in [3.8, 4) is 11.8 Å². The zero-order valence-corrected chi connectivity index (χ0v) is 18.4. The van der Waals surface area contributed by atoms with Crippen molar-refractivity contribution in [1.29, 1.82) is 5.26 Å². The van der Waals surface area contributed by atoms with Gasteiger partial charge in [0.15, 0.2) is 5.17 Å². The molecule has 1 amide bonds. The molecule has 2 N–H and O–H groups in total. The van der Waals surface area contributed by atoms with Crippen molar-refractivity contribution < 1.29 is 9.53 Å². The smallest absolute Gasteiger partial charge is 0.286 e. The van der Waals surface area contributed by atoms with Crippen LogP contribution in [0.15, 0.2) is 34.3 Å². The lowest BCUT2D eigenvalue weighted by molar-refractivity contribution is -0.113. The number of halogens is 1. The predicted molar refractivity (Wildman–Crippen MR) is 124 cm³/mol. The number of carbonyl (C=O) groups excluding carboxylic acids is 1. The van der Waals surface area contributed by atoms with Crippen LogP contribution in [0.25, 0.3) is 17.0 Å². The lowest BCUT2D eigenvalue weighted by atomic mass is 10.1. The lowest BCUT2D eigenvalue weighted by Gasteiger charge is -2.25. The summed E-state index contributed by atoms with van der Waals surface area (Å²) in [7, 11) is 0. The molecule has 2 fully saturated rings. The van der Waals surface area contributed by atoms with Crippen LogP contribution in [0.4, 0.5) is 0 Å². The normalized spacial score (nSPS) is 20.3. The number of rotatable bonds is 4. The number of amidine groups is 1. The molecule has 2 aliphatic heterocycles. The summed E-state index contributed by atoms with van der Waals surface area (Å²) in [5.74, 6) is 0.353. The number of pyridine rings is 1. The molecule has 3 heterocycles. The Morgan fingerprint density at radius 3 is 2.81 bits per heavy atom. The summed E-state index contributed by atoms with van der Waals surface area (Å²) in [5.41, 5.74) is 2.04. The molecule has 7 nitrogen and oxygen atoms in total. The number of carbonyl (C=O) groups is 1. The van der Waals surface area contributed by atoms with Crippen LogP contribution >= 0.6 is 24.2 Å². The van der Waals surface area contributed by atoms with Crippen LogP contribution < -0.4 is 15.4 Å². The van der Waals surface area contributed by atoms with Crippen molar-refractivity contribution in [2.45, 2.75) is 37.8 Å². The molecule has 1 saturated heterocycles. The van der Waals surface area contributed by atoms with Crippen LogP contribution in [-0.2, 0) is 4.79 Å². The Balaban J connectivity index is 0.00000231. The highest BCUT2D eigenvalue weighted by Gasteiger charge is 2.28. The van der Waals surface area contributed by atoms with Crippen molar-refractivity contribution in [3.05, 3.63) is 40.4 Å². The third kappa shape index (κ3) is 4.85. The van der Waals surface area contributed by atoms with Gasteiger partial charge in [-0.1, -0.05) is 6.07 Å². The van der Waals surface area contributed by atoms with Crippen molar-refractivity contribution >= 4 is 52.2 Å². The van der Waals surface area contributed by atoms with Gasteiger partial charge in [0.05, 0.1) is 10.4 Å². The molecule has 2 aromatic rings. The largest absolute Gasteiger partial charge is 0.488 e. The average Bonchev–Trinajstić information content (AvgIpc) is 3.51. The van der Waals surface area contributed by atoms with E-state index < -0.39 is 0 Å². The molecular formula is C22H22ClN5O2S. The standard InChI is InChI=1S/C22H21N5O2S.ClH/c23-11-14-12-25-18-4-1-13(9-17(18)20(14)29-16-5-7-24-8-6-16)10-19-21(28)27-22(30-19)26-15-2-3-15;/h1,4,9-10,12,15-16,24H,2-3,5-8H2,(H,26,27,28);1H/b19-10+;. The summed E-state index contributed by atoms with van der Waals surface area (Å²) in [6, 6.07) is 8.41. The van der Waals surface area contributed by atoms with Crippen LogP contribution in [-0.4, -0.2) is 41.3 Å². The number of nitriles is 1. The fraction of sp³-hybridized carbons (Fsp3) is 0.364. The van der Waals surface area contributed by atoms with Gasteiger partial charge in [0, 0.05) is 17.6 Å².